The Morgan fingerprint density at radius 1 is 1.07 bits per heavy atom. The molecule has 15 heavy (non-hydrogen) atoms. The molecule has 0 aromatic heterocycles. The van der Waals surface area contributed by atoms with Crippen LogP contribution in [-0.2, 0) is 5.31 Å². The standard InChI is InChI=1S/C11H12BF3/c1-3-11(12,4-2)7-5-8(13)10(15)9(14)6-7/h5-6H,3-4H2,1-2H3. The summed E-state index contributed by atoms with van der Waals surface area (Å²) < 4.78 is 38.7. The molecule has 0 spiro atoms. The highest BCUT2D eigenvalue weighted by molar-refractivity contribution is 6.15. The maximum Gasteiger partial charge on any atom is 0.194 e. The van der Waals surface area contributed by atoms with Crippen molar-refractivity contribution in [3.63, 3.8) is 0 Å². The van der Waals surface area contributed by atoms with Crippen LogP contribution in [0.25, 0.3) is 0 Å². The van der Waals surface area contributed by atoms with Crippen LogP contribution in [0.1, 0.15) is 32.3 Å². The molecule has 0 aliphatic rings. The Bertz CT molecular complexity index is 336. The Labute approximate surface area is 88.9 Å². The van der Waals surface area contributed by atoms with Gasteiger partial charge in [-0.2, -0.15) is 0 Å². The van der Waals surface area contributed by atoms with Crippen LogP contribution in [0.2, 0.25) is 0 Å². The van der Waals surface area contributed by atoms with Gasteiger partial charge in [0.1, 0.15) is 0 Å². The molecule has 2 radical (unpaired) electrons. The van der Waals surface area contributed by atoms with Crippen molar-refractivity contribution in [3.8, 4) is 0 Å². The second-order valence-electron chi connectivity index (χ2n) is 3.62. The van der Waals surface area contributed by atoms with Crippen LogP contribution in [0, 0.1) is 17.5 Å². The fourth-order valence-electron chi connectivity index (χ4n) is 1.50. The molecule has 80 valence electrons. The highest BCUT2D eigenvalue weighted by atomic mass is 19.2. The van der Waals surface area contributed by atoms with E-state index in [2.05, 4.69) is 0 Å². The van der Waals surface area contributed by atoms with Crippen molar-refractivity contribution >= 4 is 7.85 Å². The van der Waals surface area contributed by atoms with E-state index in [4.69, 9.17) is 7.85 Å². The molecular formula is C11H12BF3. The predicted molar refractivity (Wildman–Crippen MR) is 54.3 cm³/mol. The van der Waals surface area contributed by atoms with E-state index in [-0.39, 0.29) is 0 Å². The minimum atomic E-state index is -1.45. The van der Waals surface area contributed by atoms with Crippen LogP contribution >= 0.6 is 0 Å². The SMILES string of the molecule is [B]C(CC)(CC)c1cc(F)c(F)c(F)c1. The zero-order valence-electron chi connectivity index (χ0n) is 8.78. The van der Waals surface area contributed by atoms with Gasteiger partial charge in [-0.3, -0.25) is 0 Å². The van der Waals surface area contributed by atoms with E-state index < -0.39 is 22.8 Å². The lowest BCUT2D eigenvalue weighted by Crippen LogP contribution is -2.25. The number of rotatable bonds is 3. The van der Waals surface area contributed by atoms with Crippen LogP contribution in [0.3, 0.4) is 0 Å². The summed E-state index contributed by atoms with van der Waals surface area (Å²) in [4.78, 5) is 0. The van der Waals surface area contributed by atoms with Gasteiger partial charge in [0.15, 0.2) is 17.5 Å². The maximum atomic E-state index is 13.0. The summed E-state index contributed by atoms with van der Waals surface area (Å²) in [6, 6.07) is 1.93. The Morgan fingerprint density at radius 2 is 1.47 bits per heavy atom. The van der Waals surface area contributed by atoms with E-state index >= 15 is 0 Å². The van der Waals surface area contributed by atoms with E-state index in [0.29, 0.717) is 18.4 Å². The summed E-state index contributed by atoms with van der Waals surface area (Å²) in [7, 11) is 5.95. The summed E-state index contributed by atoms with van der Waals surface area (Å²) in [5, 5.41) is -0.796. The molecule has 0 amide bonds. The second kappa shape index (κ2) is 4.29. The fourth-order valence-corrected chi connectivity index (χ4v) is 1.50. The summed E-state index contributed by atoms with van der Waals surface area (Å²) in [6.45, 7) is 3.64. The minimum absolute atomic E-state index is 0.295. The summed E-state index contributed by atoms with van der Waals surface area (Å²) in [5.74, 6) is -3.84. The Kier molecular flexibility index (Phi) is 3.48. The third-order valence-corrected chi connectivity index (χ3v) is 2.82. The number of hydrogen-bond donors (Lipinski definition) is 0. The van der Waals surface area contributed by atoms with E-state index in [1.165, 1.54) is 0 Å². The van der Waals surface area contributed by atoms with Gasteiger partial charge in [-0.15, -0.1) is 0 Å². The third kappa shape index (κ3) is 2.19. The Balaban J connectivity index is 3.27. The molecule has 0 aliphatic carbocycles. The van der Waals surface area contributed by atoms with Gasteiger partial charge in [-0.25, -0.2) is 13.2 Å². The fraction of sp³-hybridized carbons (Fsp3) is 0.455. The lowest BCUT2D eigenvalue weighted by atomic mass is 9.61. The smallest absolute Gasteiger partial charge is 0.194 e. The third-order valence-electron chi connectivity index (χ3n) is 2.82. The normalized spacial score (nSPS) is 11.8. The maximum absolute atomic E-state index is 13.0. The first kappa shape index (κ1) is 12.1. The van der Waals surface area contributed by atoms with E-state index in [1.807, 2.05) is 13.8 Å². The quantitative estimate of drug-likeness (QED) is 0.532. The van der Waals surface area contributed by atoms with Gasteiger partial charge in [0.25, 0.3) is 0 Å². The average molecular weight is 212 g/mol. The van der Waals surface area contributed by atoms with Crippen molar-refractivity contribution in [3.05, 3.63) is 35.1 Å². The number of halogens is 3. The van der Waals surface area contributed by atoms with Crippen molar-refractivity contribution in [2.24, 2.45) is 0 Å². The van der Waals surface area contributed by atoms with Gasteiger partial charge >= 0.3 is 0 Å². The topological polar surface area (TPSA) is 0 Å². The zero-order valence-corrected chi connectivity index (χ0v) is 8.78. The van der Waals surface area contributed by atoms with Gasteiger partial charge in [0, 0.05) is 0 Å². The van der Waals surface area contributed by atoms with Crippen LogP contribution < -0.4 is 0 Å². The molecule has 0 bridgehead atoms. The number of benzene rings is 1. The lowest BCUT2D eigenvalue weighted by Gasteiger charge is -2.28. The van der Waals surface area contributed by atoms with Crippen molar-refractivity contribution in [1.29, 1.82) is 0 Å². The predicted octanol–water partition coefficient (Wildman–Crippen LogP) is 3.29. The summed E-state index contributed by atoms with van der Waals surface area (Å²) >= 11 is 0. The van der Waals surface area contributed by atoms with E-state index in [0.717, 1.165) is 12.1 Å². The molecule has 0 unspecified atom stereocenters. The highest BCUT2D eigenvalue weighted by Gasteiger charge is 2.24. The zero-order chi connectivity index (χ0) is 11.6. The molecule has 4 heteroatoms. The van der Waals surface area contributed by atoms with Gasteiger partial charge in [-0.1, -0.05) is 26.7 Å². The molecule has 0 saturated heterocycles. The minimum Gasteiger partial charge on any atom is -0.204 e. The van der Waals surface area contributed by atoms with Gasteiger partial charge in [0.05, 0.1) is 7.85 Å². The molecule has 1 aromatic rings. The molecule has 0 aliphatic heterocycles. The molecule has 0 fully saturated rings. The van der Waals surface area contributed by atoms with Crippen molar-refractivity contribution in [1.82, 2.24) is 0 Å². The Hall–Kier alpha value is -0.925. The number of hydrogen-bond acceptors (Lipinski definition) is 0. The second-order valence-corrected chi connectivity index (χ2v) is 3.62. The highest BCUT2D eigenvalue weighted by Crippen LogP contribution is 2.29. The van der Waals surface area contributed by atoms with Crippen molar-refractivity contribution < 1.29 is 13.2 Å². The van der Waals surface area contributed by atoms with E-state index in [1.54, 1.807) is 0 Å². The van der Waals surface area contributed by atoms with Crippen LogP contribution in [0.15, 0.2) is 12.1 Å². The van der Waals surface area contributed by atoms with Crippen molar-refractivity contribution in [2.75, 3.05) is 0 Å². The first-order valence-electron chi connectivity index (χ1n) is 4.88. The molecule has 0 saturated carbocycles. The summed E-state index contributed by atoms with van der Waals surface area (Å²) in [6.07, 6.45) is 1.07. The molecular weight excluding hydrogens is 200 g/mol. The monoisotopic (exact) mass is 212 g/mol. The molecule has 0 N–H and O–H groups in total. The largest absolute Gasteiger partial charge is 0.204 e. The van der Waals surface area contributed by atoms with E-state index in [9.17, 15) is 13.2 Å². The van der Waals surface area contributed by atoms with Crippen LogP contribution in [-0.4, -0.2) is 7.85 Å². The molecule has 0 heterocycles. The van der Waals surface area contributed by atoms with Crippen LogP contribution in [0.5, 0.6) is 0 Å². The van der Waals surface area contributed by atoms with Gasteiger partial charge in [-0.05, 0) is 23.0 Å². The molecule has 1 rings (SSSR count). The first-order chi connectivity index (χ1) is 6.94. The van der Waals surface area contributed by atoms with Gasteiger partial charge < -0.3 is 0 Å². The van der Waals surface area contributed by atoms with Gasteiger partial charge in [0.2, 0.25) is 0 Å². The van der Waals surface area contributed by atoms with Crippen molar-refractivity contribution in [2.45, 2.75) is 32.0 Å². The first-order valence-corrected chi connectivity index (χ1v) is 4.88. The Morgan fingerprint density at radius 3 is 1.80 bits per heavy atom. The molecule has 1 aromatic carbocycles. The molecule has 0 nitrogen and oxygen atoms in total. The molecule has 0 atom stereocenters. The average Bonchev–Trinajstić information content (AvgIpc) is 2.24. The van der Waals surface area contributed by atoms with Crippen LogP contribution in [0.4, 0.5) is 13.2 Å². The lowest BCUT2D eigenvalue weighted by molar-refractivity contribution is 0.439. The summed E-state index contributed by atoms with van der Waals surface area (Å²) in [5.41, 5.74) is 0.295.